The molecule has 1 amide bonds. The van der Waals surface area contributed by atoms with Crippen LogP contribution >= 0.6 is 0 Å². The molecule has 0 saturated heterocycles. The number of oxime groups is 1. The van der Waals surface area contributed by atoms with Crippen LogP contribution in [-0.2, 0) is 4.79 Å². The van der Waals surface area contributed by atoms with E-state index < -0.39 is 5.91 Å². The Morgan fingerprint density at radius 2 is 2.08 bits per heavy atom. The van der Waals surface area contributed by atoms with Crippen molar-refractivity contribution in [2.75, 3.05) is 0 Å². The van der Waals surface area contributed by atoms with Gasteiger partial charge in [-0.05, 0) is 12.5 Å². The third-order valence-electron chi connectivity index (χ3n) is 1.73. The number of nitrogens with two attached hydrogens (primary N) is 1. The molecule has 0 aliphatic heterocycles. The summed E-state index contributed by atoms with van der Waals surface area (Å²) in [6.07, 6.45) is 0. The van der Waals surface area contributed by atoms with Gasteiger partial charge in [0.1, 0.15) is 0 Å². The van der Waals surface area contributed by atoms with Crippen molar-refractivity contribution in [1.29, 1.82) is 0 Å². The highest BCUT2D eigenvalue weighted by atomic mass is 16.4. The summed E-state index contributed by atoms with van der Waals surface area (Å²) in [5.41, 5.74) is 6.30. The van der Waals surface area contributed by atoms with Crippen molar-refractivity contribution >= 4 is 11.6 Å². The van der Waals surface area contributed by atoms with Gasteiger partial charge in [0.15, 0.2) is 5.71 Å². The van der Waals surface area contributed by atoms with Crippen LogP contribution in [0.1, 0.15) is 11.1 Å². The molecule has 3 N–H and O–H groups in total. The Balaban J connectivity index is 3.21. The highest BCUT2D eigenvalue weighted by Gasteiger charge is 2.12. The van der Waals surface area contributed by atoms with Gasteiger partial charge in [0, 0.05) is 5.56 Å². The summed E-state index contributed by atoms with van der Waals surface area (Å²) in [4.78, 5) is 10.8. The van der Waals surface area contributed by atoms with E-state index in [0.717, 1.165) is 5.56 Å². The maximum Gasteiger partial charge on any atom is 0.271 e. The molecule has 0 atom stereocenters. The molecule has 1 rings (SSSR count). The third kappa shape index (κ3) is 1.84. The van der Waals surface area contributed by atoms with Crippen LogP contribution in [-0.4, -0.2) is 16.8 Å². The Morgan fingerprint density at radius 1 is 1.46 bits per heavy atom. The minimum Gasteiger partial charge on any atom is -0.410 e. The molecular formula is C9H10N2O2. The average molecular weight is 178 g/mol. The van der Waals surface area contributed by atoms with E-state index in [4.69, 9.17) is 10.9 Å². The second-order valence-electron chi connectivity index (χ2n) is 2.63. The van der Waals surface area contributed by atoms with Gasteiger partial charge in [-0.2, -0.15) is 0 Å². The first-order valence-electron chi connectivity index (χ1n) is 3.74. The number of nitrogens with zero attached hydrogens (tertiary/aromatic N) is 1. The molecule has 0 aliphatic rings. The van der Waals surface area contributed by atoms with Gasteiger partial charge in [-0.15, -0.1) is 0 Å². The molecule has 1 aromatic rings. The van der Waals surface area contributed by atoms with Crippen LogP contribution in [0.25, 0.3) is 0 Å². The predicted molar refractivity (Wildman–Crippen MR) is 48.7 cm³/mol. The van der Waals surface area contributed by atoms with Crippen LogP contribution in [0.5, 0.6) is 0 Å². The van der Waals surface area contributed by atoms with Crippen molar-refractivity contribution in [3.05, 3.63) is 35.4 Å². The highest BCUT2D eigenvalue weighted by molar-refractivity contribution is 6.45. The van der Waals surface area contributed by atoms with E-state index in [1.807, 2.05) is 19.1 Å². The largest absolute Gasteiger partial charge is 0.410 e. The van der Waals surface area contributed by atoms with Gasteiger partial charge in [-0.1, -0.05) is 29.4 Å². The fourth-order valence-corrected chi connectivity index (χ4v) is 1.07. The van der Waals surface area contributed by atoms with E-state index >= 15 is 0 Å². The molecule has 0 aliphatic carbocycles. The van der Waals surface area contributed by atoms with Crippen LogP contribution < -0.4 is 5.73 Å². The molecule has 0 aromatic heterocycles. The average Bonchev–Trinajstić information content (AvgIpc) is 2.09. The Morgan fingerprint density at radius 3 is 2.54 bits per heavy atom. The van der Waals surface area contributed by atoms with Crippen LogP contribution in [0.3, 0.4) is 0 Å². The number of rotatable bonds is 2. The van der Waals surface area contributed by atoms with Gasteiger partial charge in [0.25, 0.3) is 5.91 Å². The molecule has 0 radical (unpaired) electrons. The van der Waals surface area contributed by atoms with Crippen LogP contribution in [0.4, 0.5) is 0 Å². The SMILES string of the molecule is Cc1ccccc1/C(=N/O)C(N)=O. The second kappa shape index (κ2) is 3.71. The highest BCUT2D eigenvalue weighted by Crippen LogP contribution is 2.07. The number of benzene rings is 1. The monoisotopic (exact) mass is 178 g/mol. The second-order valence-corrected chi connectivity index (χ2v) is 2.63. The van der Waals surface area contributed by atoms with Crippen LogP contribution in [0.2, 0.25) is 0 Å². The number of hydrogen-bond donors (Lipinski definition) is 2. The van der Waals surface area contributed by atoms with Gasteiger partial charge in [-0.25, -0.2) is 0 Å². The third-order valence-corrected chi connectivity index (χ3v) is 1.73. The summed E-state index contributed by atoms with van der Waals surface area (Å²) < 4.78 is 0. The fourth-order valence-electron chi connectivity index (χ4n) is 1.07. The minimum atomic E-state index is -0.739. The number of primary amides is 1. The lowest BCUT2D eigenvalue weighted by molar-refractivity contribution is -0.112. The maximum absolute atomic E-state index is 10.8. The summed E-state index contributed by atoms with van der Waals surface area (Å²) in [6.45, 7) is 1.81. The number of carbonyl (C=O) groups is 1. The van der Waals surface area contributed by atoms with E-state index in [1.54, 1.807) is 12.1 Å². The minimum absolute atomic E-state index is 0.113. The molecule has 0 unspecified atom stereocenters. The van der Waals surface area contributed by atoms with Crippen molar-refractivity contribution < 1.29 is 10.0 Å². The van der Waals surface area contributed by atoms with E-state index in [0.29, 0.717) is 5.56 Å². The maximum atomic E-state index is 10.8. The summed E-state index contributed by atoms with van der Waals surface area (Å²) in [7, 11) is 0. The first kappa shape index (κ1) is 9.25. The van der Waals surface area contributed by atoms with E-state index in [-0.39, 0.29) is 5.71 Å². The van der Waals surface area contributed by atoms with Crippen LogP contribution in [0.15, 0.2) is 29.4 Å². The predicted octanol–water partition coefficient (Wildman–Crippen LogP) is 0.659. The van der Waals surface area contributed by atoms with Gasteiger partial charge in [0.05, 0.1) is 0 Å². The van der Waals surface area contributed by atoms with Crippen LogP contribution in [0, 0.1) is 6.92 Å². The van der Waals surface area contributed by atoms with Gasteiger partial charge < -0.3 is 10.9 Å². The van der Waals surface area contributed by atoms with Crippen molar-refractivity contribution in [2.45, 2.75) is 6.92 Å². The zero-order valence-electron chi connectivity index (χ0n) is 7.19. The molecule has 13 heavy (non-hydrogen) atoms. The Bertz CT molecular complexity index is 358. The summed E-state index contributed by atoms with van der Waals surface area (Å²) >= 11 is 0. The summed E-state index contributed by atoms with van der Waals surface area (Å²) in [6, 6.07) is 7.06. The zero-order valence-corrected chi connectivity index (χ0v) is 7.19. The lowest BCUT2D eigenvalue weighted by atomic mass is 10.0. The molecule has 1 aromatic carbocycles. The number of aryl methyl sites for hydroxylation is 1. The number of carbonyl (C=O) groups excluding carboxylic acids is 1. The van der Waals surface area contributed by atoms with Gasteiger partial charge in [0.2, 0.25) is 0 Å². The number of hydrogen-bond acceptors (Lipinski definition) is 3. The van der Waals surface area contributed by atoms with E-state index in [1.165, 1.54) is 0 Å². The zero-order chi connectivity index (χ0) is 9.84. The molecule has 0 bridgehead atoms. The molecule has 68 valence electrons. The van der Waals surface area contributed by atoms with Crippen molar-refractivity contribution in [3.63, 3.8) is 0 Å². The normalized spacial score (nSPS) is 11.3. The molecular weight excluding hydrogens is 168 g/mol. The molecule has 0 spiro atoms. The lowest BCUT2D eigenvalue weighted by Gasteiger charge is -2.03. The Kier molecular flexibility index (Phi) is 2.64. The first-order valence-corrected chi connectivity index (χ1v) is 3.74. The first-order chi connectivity index (χ1) is 6.16. The lowest BCUT2D eigenvalue weighted by Crippen LogP contribution is -2.24. The van der Waals surface area contributed by atoms with E-state index in [2.05, 4.69) is 5.16 Å². The van der Waals surface area contributed by atoms with Crippen molar-refractivity contribution in [2.24, 2.45) is 10.9 Å². The van der Waals surface area contributed by atoms with Crippen molar-refractivity contribution in [3.8, 4) is 0 Å². The quantitative estimate of drug-likeness (QED) is 0.396. The van der Waals surface area contributed by atoms with Gasteiger partial charge >= 0.3 is 0 Å². The molecule has 0 fully saturated rings. The standard InChI is InChI=1S/C9H10N2O2/c1-6-4-2-3-5-7(6)8(11-13)9(10)12/h2-5,13H,1H3,(H2,10,12)/b11-8-. The summed E-state index contributed by atoms with van der Waals surface area (Å²) in [5, 5.41) is 11.4. The Labute approximate surface area is 75.7 Å². The smallest absolute Gasteiger partial charge is 0.271 e. The number of amides is 1. The van der Waals surface area contributed by atoms with Gasteiger partial charge in [-0.3, -0.25) is 4.79 Å². The summed E-state index contributed by atoms with van der Waals surface area (Å²) in [5.74, 6) is -0.739. The molecule has 4 heteroatoms. The fraction of sp³-hybridized carbons (Fsp3) is 0.111. The Hall–Kier alpha value is -1.84. The topological polar surface area (TPSA) is 75.7 Å². The van der Waals surface area contributed by atoms with E-state index in [9.17, 15) is 4.79 Å². The molecule has 0 saturated carbocycles. The molecule has 0 heterocycles. The van der Waals surface area contributed by atoms with Crippen molar-refractivity contribution in [1.82, 2.24) is 0 Å². The molecule has 4 nitrogen and oxygen atoms in total.